The third-order valence-electron chi connectivity index (χ3n) is 1.46. The lowest BCUT2D eigenvalue weighted by atomic mass is 10.4. The van der Waals surface area contributed by atoms with Gasteiger partial charge in [-0.05, 0) is 6.92 Å². The average Bonchev–Trinajstić information content (AvgIpc) is 2.22. The Morgan fingerprint density at radius 2 is 1.56 bits per heavy atom. The van der Waals surface area contributed by atoms with Crippen molar-refractivity contribution in [1.82, 2.24) is 9.44 Å². The number of hydrogen-bond acceptors (Lipinski definition) is 6. The van der Waals surface area contributed by atoms with Gasteiger partial charge < -0.3 is 9.53 Å². The van der Waals surface area contributed by atoms with Crippen molar-refractivity contribution in [3.05, 3.63) is 0 Å². The monoisotopic (exact) mass is 304 g/mol. The molecule has 2 N–H and O–H groups in total. The molecule has 110 valence electrons. The quantitative estimate of drug-likeness (QED) is 0.541. The molecule has 0 aromatic rings. The molecule has 0 fully saturated rings. The van der Waals surface area contributed by atoms with Gasteiger partial charge in [0.2, 0.25) is 20.0 Å². The molecule has 0 bridgehead atoms. The van der Waals surface area contributed by atoms with Crippen molar-refractivity contribution in [2.75, 3.05) is 32.7 Å². The van der Waals surface area contributed by atoms with Crippen molar-refractivity contribution < 1.29 is 26.4 Å². The summed E-state index contributed by atoms with van der Waals surface area (Å²) >= 11 is 0. The Morgan fingerprint density at radius 1 is 1.11 bits per heavy atom. The number of methoxy groups -OCH3 is 1. The van der Waals surface area contributed by atoms with Crippen molar-refractivity contribution in [3.8, 4) is 0 Å². The van der Waals surface area contributed by atoms with Gasteiger partial charge in [-0.3, -0.25) is 0 Å². The second-order valence-corrected chi connectivity index (χ2v) is 7.12. The zero-order chi connectivity index (χ0) is 14.8. The maximum absolute atomic E-state index is 10.5. The normalized spacial score (nSPS) is 13.3. The zero-order valence-electron chi connectivity index (χ0n) is 10.8. The van der Waals surface area contributed by atoms with Gasteiger partial charge in [-0.2, -0.15) is 0 Å². The largest absolute Gasteiger partial charge is 0.380 e. The van der Waals surface area contributed by atoms with Crippen LogP contribution in [0.1, 0.15) is 6.92 Å². The van der Waals surface area contributed by atoms with Crippen molar-refractivity contribution in [3.63, 3.8) is 0 Å². The van der Waals surface area contributed by atoms with E-state index < -0.39 is 20.0 Å². The number of nitrogens with one attached hydrogen (secondary N) is 2. The number of ether oxygens (including phenoxy) is 1. The van der Waals surface area contributed by atoms with Crippen molar-refractivity contribution >= 4 is 26.3 Å². The summed E-state index contributed by atoms with van der Waals surface area (Å²) in [7, 11) is -4.69. The van der Waals surface area contributed by atoms with E-state index in [1.165, 1.54) is 7.11 Å². The highest BCUT2D eigenvalue weighted by molar-refractivity contribution is 7.89. The molecule has 0 aliphatic carbocycles. The third-order valence-corrected chi connectivity index (χ3v) is 2.85. The van der Waals surface area contributed by atoms with E-state index in [2.05, 4.69) is 4.72 Å². The Hall–Kier alpha value is -0.550. The molecule has 0 amide bonds. The van der Waals surface area contributed by atoms with Crippen LogP contribution in [0.5, 0.6) is 0 Å². The summed E-state index contributed by atoms with van der Waals surface area (Å²) in [5.41, 5.74) is 0. The molecule has 10 heteroatoms. The summed E-state index contributed by atoms with van der Waals surface area (Å²) in [6.45, 7) is 1.98. The molecular weight excluding hydrogens is 284 g/mol. The lowest BCUT2D eigenvalue weighted by Gasteiger charge is -2.08. The molecule has 0 radical (unpaired) electrons. The van der Waals surface area contributed by atoms with Gasteiger partial charge in [0.15, 0.2) is 0 Å². The van der Waals surface area contributed by atoms with E-state index >= 15 is 0 Å². The number of sulfonamides is 2. The van der Waals surface area contributed by atoms with Crippen LogP contribution in [0, 0.1) is 0 Å². The van der Waals surface area contributed by atoms with Crippen LogP contribution in [-0.4, -0.2) is 61.9 Å². The van der Waals surface area contributed by atoms with Crippen molar-refractivity contribution in [1.29, 1.82) is 0 Å². The lowest BCUT2D eigenvalue weighted by molar-refractivity contribution is -0.106. The molecule has 0 aromatic heterocycles. The van der Waals surface area contributed by atoms with Crippen molar-refractivity contribution in [2.45, 2.75) is 13.0 Å². The SMILES string of the molecule is COC(C)CNS(C)(=O)=O.CS(=O)(=O)NCC=O. The predicted molar refractivity (Wildman–Crippen MR) is 68.2 cm³/mol. The predicted octanol–water partition coefficient (Wildman–Crippen LogP) is -1.69. The molecule has 1 atom stereocenters. The molecule has 0 aliphatic heterocycles. The first kappa shape index (κ1) is 19.8. The summed E-state index contributed by atoms with van der Waals surface area (Å²) in [4.78, 5) is 9.52. The molecular formula is C8H20N2O6S2. The minimum atomic E-state index is -3.17. The second kappa shape index (κ2) is 9.39. The number of carbonyl (C=O) groups is 1. The van der Waals surface area contributed by atoms with E-state index in [9.17, 15) is 21.6 Å². The Kier molecular flexibility index (Phi) is 10.3. The fraction of sp³-hybridized carbons (Fsp3) is 0.875. The highest BCUT2D eigenvalue weighted by atomic mass is 32.2. The maximum Gasteiger partial charge on any atom is 0.209 e. The second-order valence-electron chi connectivity index (χ2n) is 3.45. The van der Waals surface area contributed by atoms with Gasteiger partial charge in [0.05, 0.1) is 25.2 Å². The first-order valence-electron chi connectivity index (χ1n) is 4.87. The summed E-state index contributed by atoms with van der Waals surface area (Å²) < 4.78 is 50.3. The Balaban J connectivity index is 0. The molecule has 1 unspecified atom stereocenters. The van der Waals surface area contributed by atoms with Crippen LogP contribution in [0.15, 0.2) is 0 Å². The van der Waals surface area contributed by atoms with Crippen LogP contribution in [0.25, 0.3) is 0 Å². The van der Waals surface area contributed by atoms with Crippen LogP contribution in [0.3, 0.4) is 0 Å². The number of hydrogen-bond donors (Lipinski definition) is 2. The molecule has 0 spiro atoms. The van der Waals surface area contributed by atoms with Gasteiger partial charge in [-0.1, -0.05) is 0 Å². The summed E-state index contributed by atoms with van der Waals surface area (Å²) in [5.74, 6) is 0. The summed E-state index contributed by atoms with van der Waals surface area (Å²) in [6, 6.07) is 0. The molecule has 0 aromatic carbocycles. The summed E-state index contributed by atoms with van der Waals surface area (Å²) in [5, 5.41) is 0. The number of carbonyl (C=O) groups excluding carboxylic acids is 1. The minimum absolute atomic E-state index is 0.0743. The van der Waals surface area contributed by atoms with Gasteiger partial charge in [0.1, 0.15) is 6.29 Å². The molecule has 18 heavy (non-hydrogen) atoms. The van der Waals surface area contributed by atoms with Crippen LogP contribution in [0.2, 0.25) is 0 Å². The molecule has 0 saturated heterocycles. The first-order valence-corrected chi connectivity index (χ1v) is 8.65. The van der Waals surface area contributed by atoms with Crippen molar-refractivity contribution in [2.24, 2.45) is 0 Å². The highest BCUT2D eigenvalue weighted by Gasteiger charge is 2.03. The first-order chi connectivity index (χ1) is 8.02. The zero-order valence-corrected chi connectivity index (χ0v) is 12.5. The van der Waals surface area contributed by atoms with E-state index in [1.807, 2.05) is 4.72 Å². The Morgan fingerprint density at radius 3 is 1.78 bits per heavy atom. The third kappa shape index (κ3) is 20.8. The topological polar surface area (TPSA) is 119 Å². The molecule has 8 nitrogen and oxygen atoms in total. The fourth-order valence-corrected chi connectivity index (χ4v) is 1.45. The van der Waals surface area contributed by atoms with Crippen LogP contribution in [0.4, 0.5) is 0 Å². The Bertz CT molecular complexity index is 417. The van der Waals surface area contributed by atoms with Gasteiger partial charge in [-0.15, -0.1) is 0 Å². The summed E-state index contributed by atoms with van der Waals surface area (Å²) in [6.07, 6.45) is 2.53. The average molecular weight is 304 g/mol. The van der Waals surface area contributed by atoms with Crippen LogP contribution < -0.4 is 9.44 Å². The van der Waals surface area contributed by atoms with E-state index in [-0.39, 0.29) is 12.6 Å². The van der Waals surface area contributed by atoms with E-state index in [0.29, 0.717) is 12.8 Å². The van der Waals surface area contributed by atoms with Gasteiger partial charge >= 0.3 is 0 Å². The molecule has 0 saturated carbocycles. The smallest absolute Gasteiger partial charge is 0.209 e. The van der Waals surface area contributed by atoms with Gasteiger partial charge in [-0.25, -0.2) is 26.3 Å². The number of aldehydes is 1. The van der Waals surface area contributed by atoms with Crippen LogP contribution in [-0.2, 0) is 29.6 Å². The highest BCUT2D eigenvalue weighted by Crippen LogP contribution is 1.84. The molecule has 0 heterocycles. The number of rotatable bonds is 7. The standard InChI is InChI=1S/C5H13NO3S.C3H7NO3S/c1-5(9-2)4-6-10(3,7)8;1-8(6,7)4-2-3-5/h5-6H,4H2,1-3H3;3-4H,2H2,1H3. The van der Waals surface area contributed by atoms with E-state index in [0.717, 1.165) is 12.5 Å². The maximum atomic E-state index is 10.5. The lowest BCUT2D eigenvalue weighted by Crippen LogP contribution is -2.30. The van der Waals surface area contributed by atoms with E-state index in [1.54, 1.807) is 6.92 Å². The van der Waals surface area contributed by atoms with Crippen LogP contribution >= 0.6 is 0 Å². The van der Waals surface area contributed by atoms with E-state index in [4.69, 9.17) is 4.74 Å². The Labute approximate surface area is 108 Å². The van der Waals surface area contributed by atoms with Gasteiger partial charge in [0.25, 0.3) is 0 Å². The minimum Gasteiger partial charge on any atom is -0.380 e. The molecule has 0 aliphatic rings. The van der Waals surface area contributed by atoms with Gasteiger partial charge in [0, 0.05) is 13.7 Å². The molecule has 0 rings (SSSR count). The fourth-order valence-electron chi connectivity index (χ4n) is 0.537.